The summed E-state index contributed by atoms with van der Waals surface area (Å²) in [6, 6.07) is 18.4. The second kappa shape index (κ2) is 11.4. The SMILES string of the molecule is Cc1cc(=O)oc2c(F)c(OS(=O)(=O)C[C@H](Cc3ccccc3)NC(=O)OCc3ccccc3)c(F)cc12. The zero-order valence-corrected chi connectivity index (χ0v) is 21.0. The number of aryl methyl sites for hydroxylation is 1. The highest BCUT2D eigenvalue weighted by Gasteiger charge is 2.28. The molecule has 0 saturated carbocycles. The molecule has 11 heteroatoms. The molecule has 198 valence electrons. The van der Waals surface area contributed by atoms with E-state index in [1.807, 2.05) is 0 Å². The van der Waals surface area contributed by atoms with Crippen LogP contribution >= 0.6 is 0 Å². The number of hydrogen-bond donors (Lipinski definition) is 1. The van der Waals surface area contributed by atoms with E-state index in [0.717, 1.165) is 17.7 Å². The fourth-order valence-corrected chi connectivity index (χ4v) is 5.00. The van der Waals surface area contributed by atoms with Gasteiger partial charge in [0.25, 0.3) is 0 Å². The Morgan fingerprint density at radius 3 is 2.29 bits per heavy atom. The van der Waals surface area contributed by atoms with E-state index in [4.69, 9.17) is 13.3 Å². The minimum Gasteiger partial charge on any atom is -0.445 e. The van der Waals surface area contributed by atoms with Crippen LogP contribution in [-0.2, 0) is 27.9 Å². The Hall–Kier alpha value is -4.25. The molecule has 0 spiro atoms. The van der Waals surface area contributed by atoms with Crippen molar-refractivity contribution < 1.29 is 35.3 Å². The molecular weight excluding hydrogens is 520 g/mol. The number of nitrogens with one attached hydrogen (secondary N) is 1. The average Bonchev–Trinajstić information content (AvgIpc) is 2.87. The predicted octanol–water partition coefficient (Wildman–Crippen LogP) is 4.63. The lowest BCUT2D eigenvalue weighted by Gasteiger charge is -2.19. The normalized spacial score (nSPS) is 12.2. The number of rotatable bonds is 9. The van der Waals surface area contributed by atoms with Gasteiger partial charge in [-0.05, 0) is 36.1 Å². The highest BCUT2D eigenvalue weighted by Crippen LogP contribution is 2.31. The Kier molecular flexibility index (Phi) is 8.06. The fourth-order valence-electron chi connectivity index (χ4n) is 3.83. The maximum absolute atomic E-state index is 15.0. The maximum atomic E-state index is 15.0. The van der Waals surface area contributed by atoms with E-state index in [0.29, 0.717) is 5.56 Å². The number of halogens is 2. The van der Waals surface area contributed by atoms with Gasteiger partial charge in [0.05, 0.1) is 6.04 Å². The van der Waals surface area contributed by atoms with Gasteiger partial charge in [0.2, 0.25) is 11.6 Å². The first-order valence-corrected chi connectivity index (χ1v) is 13.0. The van der Waals surface area contributed by atoms with E-state index in [1.54, 1.807) is 60.7 Å². The van der Waals surface area contributed by atoms with E-state index in [2.05, 4.69) is 5.32 Å². The van der Waals surface area contributed by atoms with Crippen molar-refractivity contribution in [3.05, 3.63) is 112 Å². The van der Waals surface area contributed by atoms with Gasteiger partial charge in [-0.3, -0.25) is 0 Å². The Labute approximate surface area is 216 Å². The molecule has 1 aromatic heterocycles. The molecule has 0 fully saturated rings. The van der Waals surface area contributed by atoms with Crippen LogP contribution in [0.15, 0.2) is 82.0 Å². The molecule has 8 nitrogen and oxygen atoms in total. The van der Waals surface area contributed by atoms with Crippen molar-refractivity contribution in [1.82, 2.24) is 5.32 Å². The summed E-state index contributed by atoms with van der Waals surface area (Å²) < 4.78 is 70.3. The lowest BCUT2D eigenvalue weighted by Crippen LogP contribution is -2.42. The summed E-state index contributed by atoms with van der Waals surface area (Å²) in [5, 5.41) is 2.44. The van der Waals surface area contributed by atoms with Crippen LogP contribution < -0.4 is 15.1 Å². The Morgan fingerprint density at radius 2 is 1.63 bits per heavy atom. The van der Waals surface area contributed by atoms with Crippen molar-refractivity contribution in [3.63, 3.8) is 0 Å². The number of amides is 1. The summed E-state index contributed by atoms with van der Waals surface area (Å²) in [7, 11) is -4.67. The van der Waals surface area contributed by atoms with Crippen molar-refractivity contribution in [3.8, 4) is 5.75 Å². The van der Waals surface area contributed by atoms with Crippen molar-refractivity contribution >= 4 is 27.2 Å². The number of benzene rings is 3. The Balaban J connectivity index is 1.55. The number of carbonyl (C=O) groups excluding carboxylic acids is 1. The predicted molar refractivity (Wildman–Crippen MR) is 135 cm³/mol. The molecule has 0 aliphatic heterocycles. The van der Waals surface area contributed by atoms with Gasteiger partial charge in [-0.2, -0.15) is 12.8 Å². The van der Waals surface area contributed by atoms with E-state index >= 15 is 4.39 Å². The molecule has 1 amide bonds. The van der Waals surface area contributed by atoms with Gasteiger partial charge in [-0.15, -0.1) is 0 Å². The summed E-state index contributed by atoms with van der Waals surface area (Å²) in [4.78, 5) is 24.1. The smallest absolute Gasteiger partial charge is 0.407 e. The summed E-state index contributed by atoms with van der Waals surface area (Å²) in [5.41, 5.74) is 0.129. The van der Waals surface area contributed by atoms with Gasteiger partial charge in [0.15, 0.2) is 11.4 Å². The van der Waals surface area contributed by atoms with Crippen LogP contribution in [-0.4, -0.2) is 26.3 Å². The number of ether oxygens (including phenoxy) is 1. The lowest BCUT2D eigenvalue weighted by atomic mass is 10.1. The zero-order valence-electron chi connectivity index (χ0n) is 20.1. The zero-order chi connectivity index (χ0) is 27.3. The van der Waals surface area contributed by atoms with Gasteiger partial charge >= 0.3 is 21.8 Å². The highest BCUT2D eigenvalue weighted by molar-refractivity contribution is 7.87. The molecule has 4 rings (SSSR count). The molecular formula is C27H23F2NO7S. The minimum absolute atomic E-state index is 0.0471. The summed E-state index contributed by atoms with van der Waals surface area (Å²) in [6.45, 7) is 1.40. The number of hydrogen-bond acceptors (Lipinski definition) is 7. The van der Waals surface area contributed by atoms with E-state index in [-0.39, 0.29) is 24.0 Å². The van der Waals surface area contributed by atoms with Crippen LogP contribution in [0.25, 0.3) is 11.0 Å². The monoisotopic (exact) mass is 543 g/mol. The standard InChI is InChI=1S/C27H23F2NO7S/c1-17-12-23(31)36-25-21(17)14-22(28)26(24(25)29)37-38(33,34)16-20(13-18-8-4-2-5-9-18)30-27(32)35-15-19-10-6-3-7-11-19/h2-12,14,20H,13,15-16H2,1H3,(H,30,32)/t20-/m0/s1. The first kappa shape index (κ1) is 26.8. The number of carbonyl (C=O) groups is 1. The molecule has 3 aromatic carbocycles. The molecule has 0 saturated heterocycles. The van der Waals surface area contributed by atoms with Crippen LogP contribution in [0.2, 0.25) is 0 Å². The van der Waals surface area contributed by atoms with E-state index < -0.39 is 56.6 Å². The highest BCUT2D eigenvalue weighted by atomic mass is 32.2. The van der Waals surface area contributed by atoms with Gasteiger partial charge in [-0.1, -0.05) is 60.7 Å². The van der Waals surface area contributed by atoms with E-state index in [9.17, 15) is 22.4 Å². The molecule has 0 bridgehead atoms. The van der Waals surface area contributed by atoms with Gasteiger partial charge in [0.1, 0.15) is 12.4 Å². The largest absolute Gasteiger partial charge is 0.445 e. The van der Waals surface area contributed by atoms with Crippen molar-refractivity contribution in [2.45, 2.75) is 26.0 Å². The fraction of sp³-hybridized carbons (Fsp3) is 0.185. The van der Waals surface area contributed by atoms with Gasteiger partial charge in [0, 0.05) is 11.5 Å². The molecule has 0 aliphatic rings. The van der Waals surface area contributed by atoms with Gasteiger partial charge < -0.3 is 18.7 Å². The third-order valence-electron chi connectivity index (χ3n) is 5.57. The van der Waals surface area contributed by atoms with Crippen LogP contribution in [0.5, 0.6) is 5.75 Å². The maximum Gasteiger partial charge on any atom is 0.407 e. The summed E-state index contributed by atoms with van der Waals surface area (Å²) in [5.74, 6) is -4.85. The average molecular weight is 544 g/mol. The van der Waals surface area contributed by atoms with Crippen LogP contribution in [0.1, 0.15) is 16.7 Å². The third kappa shape index (κ3) is 6.74. The van der Waals surface area contributed by atoms with Crippen molar-refractivity contribution in [1.29, 1.82) is 0 Å². The quantitative estimate of drug-likeness (QED) is 0.242. The Morgan fingerprint density at radius 1 is 1.00 bits per heavy atom. The summed E-state index contributed by atoms with van der Waals surface area (Å²) >= 11 is 0. The number of alkyl carbamates (subject to hydrolysis) is 1. The lowest BCUT2D eigenvalue weighted by molar-refractivity contribution is 0.136. The van der Waals surface area contributed by atoms with E-state index in [1.165, 1.54) is 6.92 Å². The van der Waals surface area contributed by atoms with Crippen LogP contribution in [0.3, 0.4) is 0 Å². The Bertz CT molecular complexity index is 1610. The second-order valence-corrected chi connectivity index (χ2v) is 10.1. The van der Waals surface area contributed by atoms with Crippen LogP contribution in [0, 0.1) is 18.6 Å². The molecule has 0 aliphatic carbocycles. The molecule has 1 N–H and O–H groups in total. The number of fused-ring (bicyclic) bond motifs is 1. The molecule has 1 heterocycles. The van der Waals surface area contributed by atoms with Crippen molar-refractivity contribution in [2.24, 2.45) is 0 Å². The first-order chi connectivity index (χ1) is 18.1. The third-order valence-corrected chi connectivity index (χ3v) is 6.80. The summed E-state index contributed by atoms with van der Waals surface area (Å²) in [6.07, 6.45) is -0.828. The second-order valence-electron chi connectivity index (χ2n) is 8.53. The van der Waals surface area contributed by atoms with Crippen LogP contribution in [0.4, 0.5) is 13.6 Å². The molecule has 0 radical (unpaired) electrons. The molecule has 0 unspecified atom stereocenters. The topological polar surface area (TPSA) is 112 Å². The van der Waals surface area contributed by atoms with Gasteiger partial charge in [-0.25, -0.2) is 14.0 Å². The molecule has 1 atom stereocenters. The molecule has 38 heavy (non-hydrogen) atoms. The first-order valence-electron chi connectivity index (χ1n) is 11.5. The molecule has 4 aromatic rings. The minimum atomic E-state index is -4.67. The van der Waals surface area contributed by atoms with Crippen molar-refractivity contribution in [2.75, 3.05) is 5.75 Å².